The number of aliphatic carboxylic acids is 1. The second-order valence-electron chi connectivity index (χ2n) is 4.54. The fourth-order valence-corrected chi connectivity index (χ4v) is 2.38. The van der Waals surface area contributed by atoms with Crippen molar-refractivity contribution in [1.29, 1.82) is 0 Å². The highest BCUT2D eigenvalue weighted by Gasteiger charge is 2.17. The molecule has 0 radical (unpaired) electrons. The molecule has 1 rings (SSSR count). The van der Waals surface area contributed by atoms with E-state index in [1.165, 1.54) is 12.1 Å². The Morgan fingerprint density at radius 3 is 2.21 bits per heavy atom. The number of carboxylic acids is 1. The summed E-state index contributed by atoms with van der Waals surface area (Å²) < 4.78 is 22.7. The summed E-state index contributed by atoms with van der Waals surface area (Å²) >= 11 is 0. The fraction of sp³-hybridized carbons (Fsp3) is 0.462. The van der Waals surface area contributed by atoms with E-state index in [9.17, 15) is 13.2 Å². The first-order valence-corrected chi connectivity index (χ1v) is 7.93. The van der Waals surface area contributed by atoms with Gasteiger partial charge in [-0.05, 0) is 37.6 Å². The Bertz CT molecular complexity index is 536. The van der Waals surface area contributed by atoms with Gasteiger partial charge in [-0.25, -0.2) is 8.42 Å². The van der Waals surface area contributed by atoms with Gasteiger partial charge in [0.1, 0.15) is 6.54 Å². The Morgan fingerprint density at radius 1 is 1.32 bits per heavy atom. The highest BCUT2D eigenvalue weighted by molar-refractivity contribution is 7.90. The summed E-state index contributed by atoms with van der Waals surface area (Å²) in [5, 5.41) is 8.94. The van der Waals surface area contributed by atoms with Crippen LogP contribution in [0.5, 0.6) is 0 Å². The van der Waals surface area contributed by atoms with E-state index < -0.39 is 15.8 Å². The summed E-state index contributed by atoms with van der Waals surface area (Å²) in [6, 6.07) is 6.36. The molecule has 5 nitrogen and oxygen atoms in total. The van der Waals surface area contributed by atoms with Crippen LogP contribution in [0.15, 0.2) is 29.2 Å². The Balaban J connectivity index is 3.07. The number of benzene rings is 1. The van der Waals surface area contributed by atoms with E-state index in [0.29, 0.717) is 5.69 Å². The molecule has 0 bridgehead atoms. The highest BCUT2D eigenvalue weighted by atomic mass is 32.2. The molecule has 0 amide bonds. The minimum absolute atomic E-state index is 0.0696. The van der Waals surface area contributed by atoms with Crippen LogP contribution < -0.4 is 4.90 Å². The maximum Gasteiger partial charge on any atom is 0.323 e. The lowest BCUT2D eigenvalue weighted by Crippen LogP contribution is -2.37. The van der Waals surface area contributed by atoms with Crippen LogP contribution in [0.4, 0.5) is 5.69 Å². The molecule has 6 heteroatoms. The van der Waals surface area contributed by atoms with Gasteiger partial charge in [-0.3, -0.25) is 4.79 Å². The topological polar surface area (TPSA) is 74.7 Å². The Morgan fingerprint density at radius 2 is 1.84 bits per heavy atom. The lowest BCUT2D eigenvalue weighted by atomic mass is 10.2. The van der Waals surface area contributed by atoms with Crippen LogP contribution in [0.3, 0.4) is 0 Å². The maximum atomic E-state index is 11.4. The van der Waals surface area contributed by atoms with E-state index in [0.717, 1.165) is 12.7 Å². The van der Waals surface area contributed by atoms with E-state index in [1.54, 1.807) is 17.0 Å². The van der Waals surface area contributed by atoms with Gasteiger partial charge in [0, 0.05) is 18.0 Å². The zero-order valence-electron chi connectivity index (χ0n) is 11.3. The predicted molar refractivity (Wildman–Crippen MR) is 74.3 cm³/mol. The molecule has 19 heavy (non-hydrogen) atoms. The third kappa shape index (κ3) is 4.24. The summed E-state index contributed by atoms with van der Waals surface area (Å²) in [5.41, 5.74) is 0.712. The average Bonchev–Trinajstić information content (AvgIpc) is 2.34. The molecule has 1 unspecified atom stereocenters. The first kappa shape index (κ1) is 15.5. The summed E-state index contributed by atoms with van der Waals surface area (Å²) in [7, 11) is -3.23. The van der Waals surface area contributed by atoms with E-state index in [-0.39, 0.29) is 17.5 Å². The van der Waals surface area contributed by atoms with Crippen molar-refractivity contribution in [3.63, 3.8) is 0 Å². The lowest BCUT2D eigenvalue weighted by Gasteiger charge is -2.29. The molecule has 1 N–H and O–H groups in total. The molecular formula is C13H19NO4S. The van der Waals surface area contributed by atoms with Gasteiger partial charge in [0.25, 0.3) is 0 Å². The molecule has 0 spiro atoms. The molecule has 0 saturated carbocycles. The van der Waals surface area contributed by atoms with Crippen LogP contribution in [0.1, 0.15) is 20.3 Å². The number of hydrogen-bond acceptors (Lipinski definition) is 4. The van der Waals surface area contributed by atoms with Gasteiger partial charge in [0.05, 0.1) is 4.90 Å². The first-order valence-electron chi connectivity index (χ1n) is 6.04. The van der Waals surface area contributed by atoms with Gasteiger partial charge >= 0.3 is 5.97 Å². The summed E-state index contributed by atoms with van der Waals surface area (Å²) in [6.45, 7) is 3.81. The van der Waals surface area contributed by atoms with E-state index in [2.05, 4.69) is 0 Å². The van der Waals surface area contributed by atoms with Crippen LogP contribution in [0, 0.1) is 0 Å². The number of carbonyl (C=O) groups is 1. The van der Waals surface area contributed by atoms with E-state index >= 15 is 0 Å². The van der Waals surface area contributed by atoms with Gasteiger partial charge in [-0.15, -0.1) is 0 Å². The first-order chi connectivity index (χ1) is 8.75. The largest absolute Gasteiger partial charge is 0.480 e. The van der Waals surface area contributed by atoms with Crippen molar-refractivity contribution in [3.05, 3.63) is 24.3 Å². The van der Waals surface area contributed by atoms with Gasteiger partial charge in [0.2, 0.25) is 0 Å². The molecule has 1 atom stereocenters. The Hall–Kier alpha value is -1.56. The molecule has 1 aromatic rings. The predicted octanol–water partition coefficient (Wildman–Crippen LogP) is 1.78. The lowest BCUT2D eigenvalue weighted by molar-refractivity contribution is -0.135. The maximum absolute atomic E-state index is 11.4. The Labute approximate surface area is 113 Å². The van der Waals surface area contributed by atoms with Crippen LogP contribution in [0.2, 0.25) is 0 Å². The van der Waals surface area contributed by atoms with Crippen molar-refractivity contribution in [2.24, 2.45) is 0 Å². The Kier molecular flexibility index (Phi) is 4.94. The SMILES string of the molecule is CCC(C)N(CC(=O)O)c1ccc(S(C)(=O)=O)cc1. The number of nitrogens with zero attached hydrogens (tertiary/aromatic N) is 1. The number of sulfone groups is 1. The highest BCUT2D eigenvalue weighted by Crippen LogP contribution is 2.21. The second-order valence-corrected chi connectivity index (χ2v) is 6.56. The van der Waals surface area contributed by atoms with Crippen molar-refractivity contribution in [3.8, 4) is 0 Å². The summed E-state index contributed by atoms with van der Waals surface area (Å²) in [5.74, 6) is -0.910. The molecular weight excluding hydrogens is 266 g/mol. The number of rotatable bonds is 6. The average molecular weight is 285 g/mol. The molecule has 0 aliphatic carbocycles. The van der Waals surface area contributed by atoms with Crippen molar-refractivity contribution >= 4 is 21.5 Å². The van der Waals surface area contributed by atoms with Gasteiger partial charge in [-0.1, -0.05) is 6.92 Å². The third-order valence-corrected chi connectivity index (χ3v) is 4.15. The molecule has 0 aliphatic rings. The number of anilines is 1. The fourth-order valence-electron chi connectivity index (χ4n) is 1.75. The smallest absolute Gasteiger partial charge is 0.323 e. The number of carboxylic acid groups (broad SMARTS) is 1. The summed E-state index contributed by atoms with van der Waals surface area (Å²) in [4.78, 5) is 12.9. The van der Waals surface area contributed by atoms with Gasteiger partial charge in [-0.2, -0.15) is 0 Å². The molecule has 0 fully saturated rings. The minimum atomic E-state index is -3.23. The molecule has 0 saturated heterocycles. The van der Waals surface area contributed by atoms with Gasteiger partial charge in [0.15, 0.2) is 9.84 Å². The molecule has 106 valence electrons. The van der Waals surface area contributed by atoms with Crippen LogP contribution in [0.25, 0.3) is 0 Å². The van der Waals surface area contributed by atoms with Crippen molar-refractivity contribution in [2.45, 2.75) is 31.2 Å². The molecule has 0 aromatic heterocycles. The van der Waals surface area contributed by atoms with E-state index in [4.69, 9.17) is 5.11 Å². The zero-order chi connectivity index (χ0) is 14.6. The van der Waals surface area contributed by atoms with Crippen molar-refractivity contribution in [2.75, 3.05) is 17.7 Å². The minimum Gasteiger partial charge on any atom is -0.480 e. The standard InChI is InChI=1S/C13H19NO4S/c1-4-10(2)14(9-13(15)16)11-5-7-12(8-6-11)19(3,17)18/h5-8,10H,4,9H2,1-3H3,(H,15,16). The second kappa shape index (κ2) is 6.06. The van der Waals surface area contributed by atoms with Crippen LogP contribution in [-0.4, -0.2) is 38.3 Å². The zero-order valence-corrected chi connectivity index (χ0v) is 12.1. The van der Waals surface area contributed by atoms with Crippen molar-refractivity contribution < 1.29 is 18.3 Å². The van der Waals surface area contributed by atoms with Crippen LogP contribution >= 0.6 is 0 Å². The van der Waals surface area contributed by atoms with E-state index in [1.807, 2.05) is 13.8 Å². The molecule has 0 heterocycles. The normalized spacial score (nSPS) is 13.0. The quantitative estimate of drug-likeness (QED) is 0.862. The molecule has 1 aromatic carbocycles. The third-order valence-electron chi connectivity index (χ3n) is 3.03. The van der Waals surface area contributed by atoms with Crippen LogP contribution in [-0.2, 0) is 14.6 Å². The van der Waals surface area contributed by atoms with Gasteiger partial charge < -0.3 is 10.0 Å². The summed E-state index contributed by atoms with van der Waals surface area (Å²) in [6.07, 6.45) is 1.95. The number of hydrogen-bond donors (Lipinski definition) is 1. The monoisotopic (exact) mass is 285 g/mol. The van der Waals surface area contributed by atoms with Crippen molar-refractivity contribution in [1.82, 2.24) is 0 Å². The molecule has 0 aliphatic heterocycles.